The molecule has 0 heterocycles. The molecule has 0 aromatic heterocycles. The zero-order chi connectivity index (χ0) is 11.8. The molecule has 1 aliphatic carbocycles. The molecule has 1 saturated carbocycles. The summed E-state index contributed by atoms with van der Waals surface area (Å²) in [5.74, 6) is -0.214. The summed E-state index contributed by atoms with van der Waals surface area (Å²) in [6.07, 6.45) is 1.06. The summed E-state index contributed by atoms with van der Waals surface area (Å²) in [6, 6.07) is 8.22. The Hall–Kier alpha value is -1.16. The number of hydrogen-bond acceptors (Lipinski definition) is 3. The van der Waals surface area contributed by atoms with Crippen molar-refractivity contribution in [3.63, 3.8) is 0 Å². The first kappa shape index (κ1) is 11.3. The summed E-state index contributed by atoms with van der Waals surface area (Å²) in [5.41, 5.74) is 0. The number of Topliss-reactive ketones (excluding diaryl/α,β-unsaturated/α-hetero) is 1. The smallest absolute Gasteiger partial charge is 0.188 e. The topological polar surface area (TPSA) is 51.2 Å². The highest BCUT2D eigenvalue weighted by molar-refractivity contribution is 7.92. The number of carbonyl (C=O) groups is 1. The summed E-state index contributed by atoms with van der Waals surface area (Å²) in [7, 11) is -3.49. The molecule has 3 nitrogen and oxygen atoms in total. The number of ketones is 1. The van der Waals surface area contributed by atoms with Crippen LogP contribution < -0.4 is 0 Å². The van der Waals surface area contributed by atoms with Crippen LogP contribution in [0.15, 0.2) is 35.2 Å². The lowest BCUT2D eigenvalue weighted by molar-refractivity contribution is -0.117. The van der Waals surface area contributed by atoms with Gasteiger partial charge in [0.2, 0.25) is 0 Å². The Balaban J connectivity index is 2.44. The Kier molecular flexibility index (Phi) is 2.84. The lowest BCUT2D eigenvalue weighted by Gasteiger charge is -2.14. The van der Waals surface area contributed by atoms with Gasteiger partial charge in [0.25, 0.3) is 0 Å². The standard InChI is InChI=1S/C12H14O3S/c1-9-7-8-11(13)12(9)16(14,15)10-5-3-2-4-6-10/h2-6,9,12H,7-8H2,1H3/t9-,12+/m1/s1. The van der Waals surface area contributed by atoms with Crippen LogP contribution in [0.5, 0.6) is 0 Å². The fraction of sp³-hybridized carbons (Fsp3) is 0.417. The summed E-state index contributed by atoms with van der Waals surface area (Å²) in [4.78, 5) is 11.9. The molecule has 0 bridgehead atoms. The van der Waals surface area contributed by atoms with Crippen molar-refractivity contribution < 1.29 is 13.2 Å². The highest BCUT2D eigenvalue weighted by Crippen LogP contribution is 2.31. The fourth-order valence-electron chi connectivity index (χ4n) is 2.22. The van der Waals surface area contributed by atoms with Crippen molar-refractivity contribution in [1.82, 2.24) is 0 Å². The van der Waals surface area contributed by atoms with Crippen molar-refractivity contribution in [2.45, 2.75) is 29.9 Å². The molecule has 1 aliphatic rings. The molecule has 2 atom stereocenters. The molecule has 0 aliphatic heterocycles. The van der Waals surface area contributed by atoms with E-state index >= 15 is 0 Å². The van der Waals surface area contributed by atoms with Crippen LogP contribution >= 0.6 is 0 Å². The summed E-state index contributed by atoms with van der Waals surface area (Å²) in [6.45, 7) is 1.83. The minimum atomic E-state index is -3.49. The van der Waals surface area contributed by atoms with E-state index < -0.39 is 15.1 Å². The predicted octanol–water partition coefficient (Wildman–Crippen LogP) is 1.83. The van der Waals surface area contributed by atoms with Gasteiger partial charge in [0.1, 0.15) is 5.25 Å². The van der Waals surface area contributed by atoms with Gasteiger partial charge in [-0.25, -0.2) is 8.42 Å². The first-order chi connectivity index (χ1) is 7.53. The number of rotatable bonds is 2. The van der Waals surface area contributed by atoms with E-state index in [2.05, 4.69) is 0 Å². The van der Waals surface area contributed by atoms with Gasteiger partial charge >= 0.3 is 0 Å². The van der Waals surface area contributed by atoms with Crippen LogP contribution in [0.25, 0.3) is 0 Å². The molecule has 0 saturated heterocycles. The van der Waals surface area contributed by atoms with Gasteiger partial charge < -0.3 is 0 Å². The minimum Gasteiger partial charge on any atom is -0.298 e. The Labute approximate surface area is 95.4 Å². The monoisotopic (exact) mass is 238 g/mol. The van der Waals surface area contributed by atoms with E-state index in [1.54, 1.807) is 30.3 Å². The van der Waals surface area contributed by atoms with E-state index in [4.69, 9.17) is 0 Å². The van der Waals surface area contributed by atoms with Crippen molar-refractivity contribution in [3.8, 4) is 0 Å². The molecule has 1 fully saturated rings. The van der Waals surface area contributed by atoms with E-state index in [0.29, 0.717) is 12.8 Å². The second-order valence-corrected chi connectivity index (χ2v) is 6.33. The van der Waals surface area contributed by atoms with E-state index in [-0.39, 0.29) is 16.6 Å². The van der Waals surface area contributed by atoms with Gasteiger partial charge in [0.15, 0.2) is 15.6 Å². The maximum atomic E-state index is 12.2. The fourth-order valence-corrected chi connectivity index (χ4v) is 4.26. The number of carbonyl (C=O) groups excluding carboxylic acids is 1. The van der Waals surface area contributed by atoms with Gasteiger partial charge in [-0.05, 0) is 24.5 Å². The predicted molar refractivity (Wildman–Crippen MR) is 60.8 cm³/mol. The third-order valence-electron chi connectivity index (χ3n) is 3.09. The molecule has 0 radical (unpaired) electrons. The van der Waals surface area contributed by atoms with Crippen LogP contribution in [-0.2, 0) is 14.6 Å². The molecule has 0 spiro atoms. The number of benzene rings is 1. The molecule has 1 aromatic carbocycles. The highest BCUT2D eigenvalue weighted by Gasteiger charge is 2.42. The second-order valence-electron chi connectivity index (χ2n) is 4.26. The second kappa shape index (κ2) is 4.01. The SMILES string of the molecule is C[C@@H]1CCC(=O)[C@H]1S(=O)(=O)c1ccccc1. The van der Waals surface area contributed by atoms with E-state index in [9.17, 15) is 13.2 Å². The third-order valence-corrected chi connectivity index (χ3v) is 5.41. The largest absolute Gasteiger partial charge is 0.298 e. The van der Waals surface area contributed by atoms with Crippen molar-refractivity contribution >= 4 is 15.6 Å². The Morgan fingerprint density at radius 1 is 1.19 bits per heavy atom. The van der Waals surface area contributed by atoms with Crippen LogP contribution in [0.1, 0.15) is 19.8 Å². The molecule has 86 valence electrons. The van der Waals surface area contributed by atoms with Gasteiger partial charge in [0.05, 0.1) is 4.90 Å². The summed E-state index contributed by atoms with van der Waals surface area (Å²) < 4.78 is 24.5. The van der Waals surface area contributed by atoms with Crippen molar-refractivity contribution in [2.24, 2.45) is 5.92 Å². The van der Waals surface area contributed by atoms with Crippen LogP contribution in [0.2, 0.25) is 0 Å². The van der Waals surface area contributed by atoms with Crippen LogP contribution in [0.3, 0.4) is 0 Å². The Bertz CT molecular complexity index is 490. The maximum absolute atomic E-state index is 12.2. The van der Waals surface area contributed by atoms with Gasteiger partial charge in [0, 0.05) is 6.42 Å². The zero-order valence-electron chi connectivity index (χ0n) is 9.09. The highest BCUT2D eigenvalue weighted by atomic mass is 32.2. The van der Waals surface area contributed by atoms with Gasteiger partial charge in [-0.2, -0.15) is 0 Å². The number of hydrogen-bond donors (Lipinski definition) is 0. The summed E-state index contributed by atoms with van der Waals surface area (Å²) in [5, 5.41) is -0.838. The first-order valence-electron chi connectivity index (χ1n) is 5.35. The molecule has 0 unspecified atom stereocenters. The Morgan fingerprint density at radius 3 is 2.31 bits per heavy atom. The third kappa shape index (κ3) is 1.78. The van der Waals surface area contributed by atoms with Crippen molar-refractivity contribution in [1.29, 1.82) is 0 Å². The van der Waals surface area contributed by atoms with Gasteiger partial charge in [-0.15, -0.1) is 0 Å². The number of sulfone groups is 1. The molecule has 2 rings (SSSR count). The molecule has 1 aromatic rings. The average molecular weight is 238 g/mol. The van der Waals surface area contributed by atoms with E-state index in [0.717, 1.165) is 0 Å². The van der Waals surface area contributed by atoms with Crippen molar-refractivity contribution in [2.75, 3.05) is 0 Å². The maximum Gasteiger partial charge on any atom is 0.188 e. The lowest BCUT2D eigenvalue weighted by atomic mass is 10.1. The molecule has 0 amide bonds. The van der Waals surface area contributed by atoms with Crippen LogP contribution in [0.4, 0.5) is 0 Å². The molecule has 4 heteroatoms. The first-order valence-corrected chi connectivity index (χ1v) is 6.90. The minimum absolute atomic E-state index is 0.0716. The van der Waals surface area contributed by atoms with Gasteiger partial charge in [-0.1, -0.05) is 25.1 Å². The summed E-state index contributed by atoms with van der Waals surface area (Å²) >= 11 is 0. The Morgan fingerprint density at radius 2 is 1.81 bits per heavy atom. The normalized spacial score (nSPS) is 25.9. The lowest BCUT2D eigenvalue weighted by Crippen LogP contribution is -2.30. The zero-order valence-corrected chi connectivity index (χ0v) is 9.91. The van der Waals surface area contributed by atoms with Gasteiger partial charge in [-0.3, -0.25) is 4.79 Å². The molecular formula is C12H14O3S. The van der Waals surface area contributed by atoms with Crippen LogP contribution in [-0.4, -0.2) is 19.5 Å². The van der Waals surface area contributed by atoms with E-state index in [1.165, 1.54) is 0 Å². The van der Waals surface area contributed by atoms with E-state index in [1.807, 2.05) is 6.92 Å². The molecule has 16 heavy (non-hydrogen) atoms. The molecule has 0 N–H and O–H groups in total. The molecular weight excluding hydrogens is 224 g/mol. The quantitative estimate of drug-likeness (QED) is 0.789. The van der Waals surface area contributed by atoms with Crippen molar-refractivity contribution in [3.05, 3.63) is 30.3 Å². The van der Waals surface area contributed by atoms with Crippen LogP contribution in [0, 0.1) is 5.92 Å². The average Bonchev–Trinajstić information content (AvgIpc) is 2.60.